The predicted molar refractivity (Wildman–Crippen MR) is 69.6 cm³/mol. The van der Waals surface area contributed by atoms with Crippen LogP contribution in [0, 0.1) is 0 Å². The van der Waals surface area contributed by atoms with Gasteiger partial charge in [-0.1, -0.05) is 11.6 Å². The number of hydrogen-bond donors (Lipinski definition) is 0. The van der Waals surface area contributed by atoms with Crippen molar-refractivity contribution in [2.45, 2.75) is 19.8 Å². The molecule has 1 aliphatic heterocycles. The lowest BCUT2D eigenvalue weighted by Crippen LogP contribution is -2.29. The van der Waals surface area contributed by atoms with E-state index in [1.165, 1.54) is 14.0 Å². The zero-order valence-corrected chi connectivity index (χ0v) is 11.1. The Morgan fingerprint density at radius 2 is 2.17 bits per heavy atom. The maximum Gasteiger partial charge on any atom is 0.223 e. The Balaban J connectivity index is 2.71. The molecule has 0 fully saturated rings. The topological polar surface area (TPSA) is 46.6 Å². The first-order chi connectivity index (χ1) is 8.56. The van der Waals surface area contributed by atoms with Gasteiger partial charge in [-0.05, 0) is 18.6 Å². The molecule has 0 bridgehead atoms. The average Bonchev–Trinajstić information content (AvgIpc) is 2.50. The van der Waals surface area contributed by atoms with Gasteiger partial charge in [0.2, 0.25) is 5.91 Å². The number of anilines is 1. The summed E-state index contributed by atoms with van der Waals surface area (Å²) in [4.78, 5) is 25.4. The summed E-state index contributed by atoms with van der Waals surface area (Å²) in [7, 11) is 1.51. The van der Waals surface area contributed by atoms with Crippen LogP contribution >= 0.6 is 11.6 Å². The van der Waals surface area contributed by atoms with Crippen LogP contribution < -0.4 is 9.64 Å². The average molecular weight is 268 g/mol. The number of carbonyl (C=O) groups excluding carboxylic acids is 2. The normalized spacial score (nSPS) is 15.1. The third kappa shape index (κ3) is 2.08. The number of Topliss-reactive ketones (excluding diaryl/α,β-unsaturated/α-hetero) is 1. The van der Waals surface area contributed by atoms with Crippen molar-refractivity contribution in [3.63, 3.8) is 0 Å². The molecule has 2 rings (SSSR count). The van der Waals surface area contributed by atoms with E-state index in [9.17, 15) is 9.59 Å². The summed E-state index contributed by atoms with van der Waals surface area (Å²) in [6, 6.07) is 3.30. The summed E-state index contributed by atoms with van der Waals surface area (Å²) < 4.78 is 5.25. The van der Waals surface area contributed by atoms with Gasteiger partial charge in [0.1, 0.15) is 5.75 Å². The molecule has 4 nitrogen and oxygen atoms in total. The minimum absolute atomic E-state index is 0.0438. The van der Waals surface area contributed by atoms with Crippen molar-refractivity contribution < 1.29 is 14.3 Å². The summed E-state index contributed by atoms with van der Waals surface area (Å²) in [6.45, 7) is 1.98. The van der Waals surface area contributed by atoms with Crippen molar-refractivity contribution >= 4 is 29.0 Å². The molecule has 1 aromatic rings. The SMILES string of the molecule is COc1ccc(Cl)c2c1N(C(C)=O)CCCC2=O. The van der Waals surface area contributed by atoms with Gasteiger partial charge in [0, 0.05) is 19.9 Å². The molecule has 1 aromatic carbocycles. The van der Waals surface area contributed by atoms with Crippen molar-refractivity contribution in [3.8, 4) is 5.75 Å². The fourth-order valence-corrected chi connectivity index (χ4v) is 2.45. The Morgan fingerprint density at radius 3 is 2.78 bits per heavy atom. The van der Waals surface area contributed by atoms with Gasteiger partial charge in [-0.25, -0.2) is 0 Å². The lowest BCUT2D eigenvalue weighted by atomic mass is 10.1. The van der Waals surface area contributed by atoms with Crippen LogP contribution in [0.4, 0.5) is 5.69 Å². The lowest BCUT2D eigenvalue weighted by Gasteiger charge is -2.23. The van der Waals surface area contributed by atoms with Gasteiger partial charge >= 0.3 is 0 Å². The summed E-state index contributed by atoms with van der Waals surface area (Å²) in [5, 5.41) is 0.365. The second kappa shape index (κ2) is 4.98. The maximum absolute atomic E-state index is 12.1. The van der Waals surface area contributed by atoms with Gasteiger partial charge in [0.25, 0.3) is 0 Å². The minimum Gasteiger partial charge on any atom is -0.495 e. The van der Waals surface area contributed by atoms with Crippen LogP contribution in [-0.4, -0.2) is 25.3 Å². The standard InChI is InChI=1S/C13H14ClNO3/c1-8(16)15-7-3-4-10(17)12-9(14)5-6-11(18-2)13(12)15/h5-6H,3-4,7H2,1-2H3. The highest BCUT2D eigenvalue weighted by molar-refractivity contribution is 6.35. The van der Waals surface area contributed by atoms with E-state index in [0.29, 0.717) is 41.4 Å². The van der Waals surface area contributed by atoms with Crippen molar-refractivity contribution in [2.24, 2.45) is 0 Å². The molecular formula is C13H14ClNO3. The number of halogens is 1. The van der Waals surface area contributed by atoms with Crippen molar-refractivity contribution in [3.05, 3.63) is 22.7 Å². The van der Waals surface area contributed by atoms with Crippen LogP contribution in [0.5, 0.6) is 5.75 Å². The summed E-state index contributed by atoms with van der Waals surface area (Å²) in [5.41, 5.74) is 0.892. The van der Waals surface area contributed by atoms with Crippen LogP contribution in [0.25, 0.3) is 0 Å². The molecule has 96 valence electrons. The molecule has 0 saturated heterocycles. The highest BCUT2D eigenvalue weighted by Gasteiger charge is 2.28. The number of ketones is 1. The second-order valence-electron chi connectivity index (χ2n) is 4.17. The number of fused-ring (bicyclic) bond motifs is 1. The molecule has 5 heteroatoms. The third-order valence-corrected chi connectivity index (χ3v) is 3.34. The molecule has 18 heavy (non-hydrogen) atoms. The quantitative estimate of drug-likeness (QED) is 0.786. The van der Waals surface area contributed by atoms with E-state index in [2.05, 4.69) is 0 Å². The zero-order chi connectivity index (χ0) is 13.3. The largest absolute Gasteiger partial charge is 0.495 e. The maximum atomic E-state index is 12.1. The number of hydrogen-bond acceptors (Lipinski definition) is 3. The summed E-state index contributed by atoms with van der Waals surface area (Å²) >= 11 is 6.09. The van der Waals surface area contributed by atoms with E-state index in [1.54, 1.807) is 17.0 Å². The molecule has 0 radical (unpaired) electrons. The molecule has 0 atom stereocenters. The molecule has 1 aliphatic rings. The first kappa shape index (κ1) is 12.9. The van der Waals surface area contributed by atoms with Crippen LogP contribution in [0.3, 0.4) is 0 Å². The van der Waals surface area contributed by atoms with E-state index in [4.69, 9.17) is 16.3 Å². The number of ether oxygens (including phenoxy) is 1. The van der Waals surface area contributed by atoms with Gasteiger partial charge in [-0.15, -0.1) is 0 Å². The fourth-order valence-electron chi connectivity index (χ4n) is 2.19. The molecule has 1 heterocycles. The van der Waals surface area contributed by atoms with E-state index in [-0.39, 0.29) is 11.7 Å². The number of benzene rings is 1. The Kier molecular flexibility index (Phi) is 3.57. The van der Waals surface area contributed by atoms with E-state index < -0.39 is 0 Å². The molecule has 0 spiro atoms. The number of rotatable bonds is 1. The first-order valence-corrected chi connectivity index (χ1v) is 6.12. The Hall–Kier alpha value is -1.55. The molecule has 0 N–H and O–H groups in total. The van der Waals surface area contributed by atoms with Gasteiger partial charge in [0.15, 0.2) is 5.78 Å². The molecular weight excluding hydrogens is 254 g/mol. The second-order valence-corrected chi connectivity index (χ2v) is 4.58. The number of amides is 1. The van der Waals surface area contributed by atoms with E-state index in [0.717, 1.165) is 0 Å². The summed E-state index contributed by atoms with van der Waals surface area (Å²) in [5.74, 6) is 0.337. The molecule has 0 aliphatic carbocycles. The van der Waals surface area contributed by atoms with E-state index >= 15 is 0 Å². The molecule has 0 saturated carbocycles. The monoisotopic (exact) mass is 267 g/mol. The Bertz CT molecular complexity index is 513. The molecule has 0 unspecified atom stereocenters. The third-order valence-electron chi connectivity index (χ3n) is 3.02. The van der Waals surface area contributed by atoms with Crippen LogP contribution in [0.2, 0.25) is 5.02 Å². The van der Waals surface area contributed by atoms with E-state index in [1.807, 2.05) is 0 Å². The smallest absolute Gasteiger partial charge is 0.223 e. The number of carbonyl (C=O) groups is 2. The lowest BCUT2D eigenvalue weighted by molar-refractivity contribution is -0.116. The predicted octanol–water partition coefficient (Wildman–Crippen LogP) is 2.68. The fraction of sp³-hybridized carbons (Fsp3) is 0.385. The van der Waals surface area contributed by atoms with Crippen LogP contribution in [0.15, 0.2) is 12.1 Å². The highest BCUT2D eigenvalue weighted by Crippen LogP contribution is 2.39. The van der Waals surface area contributed by atoms with Crippen molar-refractivity contribution in [1.29, 1.82) is 0 Å². The summed E-state index contributed by atoms with van der Waals surface area (Å²) in [6.07, 6.45) is 1.02. The van der Waals surface area contributed by atoms with Gasteiger partial charge in [-0.2, -0.15) is 0 Å². The highest BCUT2D eigenvalue weighted by atomic mass is 35.5. The van der Waals surface area contributed by atoms with Crippen LogP contribution in [0.1, 0.15) is 30.1 Å². The minimum atomic E-state index is -0.119. The van der Waals surface area contributed by atoms with Gasteiger partial charge < -0.3 is 9.64 Å². The van der Waals surface area contributed by atoms with Crippen LogP contribution in [-0.2, 0) is 4.79 Å². The molecule has 0 aromatic heterocycles. The Labute approximate surface area is 110 Å². The Morgan fingerprint density at radius 1 is 1.44 bits per heavy atom. The van der Waals surface area contributed by atoms with Crippen molar-refractivity contribution in [1.82, 2.24) is 0 Å². The number of methoxy groups -OCH3 is 1. The number of nitrogens with zero attached hydrogens (tertiary/aromatic N) is 1. The van der Waals surface area contributed by atoms with Gasteiger partial charge in [0.05, 0.1) is 23.4 Å². The molecule has 1 amide bonds. The van der Waals surface area contributed by atoms with Crippen molar-refractivity contribution in [2.75, 3.05) is 18.6 Å². The van der Waals surface area contributed by atoms with Gasteiger partial charge in [-0.3, -0.25) is 9.59 Å². The first-order valence-electron chi connectivity index (χ1n) is 5.74. The zero-order valence-electron chi connectivity index (χ0n) is 10.3.